The molecular formula is C24H35N3O3. The van der Waals surface area contributed by atoms with Crippen LogP contribution in [0.5, 0.6) is 0 Å². The van der Waals surface area contributed by atoms with Crippen molar-refractivity contribution in [3.63, 3.8) is 0 Å². The highest BCUT2D eigenvalue weighted by Gasteiger charge is 2.48. The first-order valence-electron chi connectivity index (χ1n) is 11.5. The van der Waals surface area contributed by atoms with Gasteiger partial charge in [0, 0.05) is 24.7 Å². The molecule has 1 fully saturated rings. The summed E-state index contributed by atoms with van der Waals surface area (Å²) in [6.45, 7) is 9.17. The molecule has 1 saturated carbocycles. The van der Waals surface area contributed by atoms with E-state index in [2.05, 4.69) is 19.2 Å². The summed E-state index contributed by atoms with van der Waals surface area (Å²) in [6.07, 6.45) is 7.74. The molecule has 0 saturated heterocycles. The average molecular weight is 414 g/mol. The van der Waals surface area contributed by atoms with Crippen molar-refractivity contribution in [1.29, 1.82) is 0 Å². The van der Waals surface area contributed by atoms with Crippen LogP contribution >= 0.6 is 0 Å². The first-order chi connectivity index (χ1) is 14.3. The number of carbonyl (C=O) groups is 2. The minimum absolute atomic E-state index is 0.0285. The van der Waals surface area contributed by atoms with E-state index in [0.29, 0.717) is 30.3 Å². The molecule has 2 aromatic rings. The van der Waals surface area contributed by atoms with Crippen LogP contribution in [0.3, 0.4) is 0 Å². The van der Waals surface area contributed by atoms with E-state index in [4.69, 9.17) is 4.42 Å². The predicted molar refractivity (Wildman–Crippen MR) is 117 cm³/mol. The Morgan fingerprint density at radius 1 is 1.23 bits per heavy atom. The van der Waals surface area contributed by atoms with Gasteiger partial charge in [0.05, 0.1) is 12.1 Å². The van der Waals surface area contributed by atoms with Crippen molar-refractivity contribution in [2.45, 2.75) is 90.8 Å². The second-order valence-corrected chi connectivity index (χ2v) is 9.80. The lowest BCUT2D eigenvalue weighted by atomic mass is 9.92. The van der Waals surface area contributed by atoms with Crippen molar-refractivity contribution in [2.24, 2.45) is 5.92 Å². The highest BCUT2D eigenvalue weighted by Crippen LogP contribution is 2.34. The molecule has 2 aliphatic rings. The summed E-state index contributed by atoms with van der Waals surface area (Å²) in [4.78, 5) is 29.0. The fourth-order valence-corrected chi connectivity index (χ4v) is 4.96. The molecular weight excluding hydrogens is 378 g/mol. The molecule has 3 heterocycles. The van der Waals surface area contributed by atoms with Gasteiger partial charge in [-0.05, 0) is 39.0 Å². The number of hydrogen-bond acceptors (Lipinski definition) is 3. The zero-order valence-electron chi connectivity index (χ0n) is 18.8. The molecule has 1 aliphatic carbocycles. The third kappa shape index (κ3) is 3.77. The van der Waals surface area contributed by atoms with Crippen LogP contribution in [0.2, 0.25) is 0 Å². The maximum atomic E-state index is 13.6. The Balaban J connectivity index is 1.67. The number of furan rings is 1. The van der Waals surface area contributed by atoms with Crippen LogP contribution in [0, 0.1) is 12.8 Å². The van der Waals surface area contributed by atoms with Gasteiger partial charge in [0.15, 0.2) is 5.58 Å². The Morgan fingerprint density at radius 3 is 2.60 bits per heavy atom. The van der Waals surface area contributed by atoms with Gasteiger partial charge in [-0.1, -0.05) is 39.5 Å². The molecule has 0 spiro atoms. The summed E-state index contributed by atoms with van der Waals surface area (Å²) < 4.78 is 7.75. The van der Waals surface area contributed by atoms with Crippen LogP contribution in [-0.4, -0.2) is 39.4 Å². The molecule has 2 amide bonds. The fourth-order valence-electron chi connectivity index (χ4n) is 4.96. The largest absolute Gasteiger partial charge is 0.460 e. The number of amides is 2. The molecule has 0 bridgehead atoms. The summed E-state index contributed by atoms with van der Waals surface area (Å²) in [5.41, 5.74) is 1.32. The van der Waals surface area contributed by atoms with E-state index in [0.717, 1.165) is 43.4 Å². The van der Waals surface area contributed by atoms with Crippen LogP contribution in [0.15, 0.2) is 16.5 Å². The third-order valence-corrected chi connectivity index (χ3v) is 6.85. The summed E-state index contributed by atoms with van der Waals surface area (Å²) in [5, 5.41) is 3.31. The fraction of sp³-hybridized carbons (Fsp3) is 0.667. The Bertz CT molecular complexity index is 933. The molecule has 1 atom stereocenters. The minimum Gasteiger partial charge on any atom is -0.460 e. The lowest BCUT2D eigenvalue weighted by molar-refractivity contribution is -0.133. The van der Waals surface area contributed by atoms with Crippen molar-refractivity contribution < 1.29 is 14.0 Å². The number of nitrogens with zero attached hydrogens (tertiary/aromatic N) is 2. The third-order valence-electron chi connectivity index (χ3n) is 6.85. The van der Waals surface area contributed by atoms with Crippen LogP contribution in [0.25, 0.3) is 11.1 Å². The Hall–Kier alpha value is -2.24. The van der Waals surface area contributed by atoms with Crippen LogP contribution in [0.4, 0.5) is 0 Å². The summed E-state index contributed by atoms with van der Waals surface area (Å²) >= 11 is 0. The molecule has 4 rings (SSSR count). The second kappa shape index (κ2) is 8.12. The van der Waals surface area contributed by atoms with Gasteiger partial charge in [-0.3, -0.25) is 9.59 Å². The minimum atomic E-state index is -0.914. The number of aryl methyl sites for hydroxylation is 1. The average Bonchev–Trinajstić information content (AvgIpc) is 3.07. The number of aromatic nitrogens is 1. The summed E-state index contributed by atoms with van der Waals surface area (Å²) in [7, 11) is 0. The van der Waals surface area contributed by atoms with Gasteiger partial charge in [0.1, 0.15) is 17.0 Å². The summed E-state index contributed by atoms with van der Waals surface area (Å²) in [5.74, 6) is 1.16. The normalized spacial score (nSPS) is 23.1. The molecule has 0 aromatic carbocycles. The molecule has 2 aromatic heterocycles. The molecule has 6 nitrogen and oxygen atoms in total. The van der Waals surface area contributed by atoms with E-state index in [1.54, 1.807) is 4.90 Å². The van der Waals surface area contributed by atoms with Gasteiger partial charge in [0.25, 0.3) is 5.91 Å². The van der Waals surface area contributed by atoms with Gasteiger partial charge < -0.3 is 19.2 Å². The lowest BCUT2D eigenvalue weighted by Gasteiger charge is -2.44. The van der Waals surface area contributed by atoms with E-state index in [-0.39, 0.29) is 17.9 Å². The van der Waals surface area contributed by atoms with Crippen molar-refractivity contribution >= 4 is 22.9 Å². The molecule has 30 heavy (non-hydrogen) atoms. The smallest absolute Gasteiger partial charge is 0.271 e. The van der Waals surface area contributed by atoms with Crippen molar-refractivity contribution in [3.8, 4) is 0 Å². The van der Waals surface area contributed by atoms with Crippen LogP contribution in [0.1, 0.15) is 82.0 Å². The van der Waals surface area contributed by atoms with Gasteiger partial charge >= 0.3 is 0 Å². The summed E-state index contributed by atoms with van der Waals surface area (Å²) in [6, 6.07) is 4.00. The zero-order valence-corrected chi connectivity index (χ0v) is 18.8. The lowest BCUT2D eigenvalue weighted by Crippen LogP contribution is -2.65. The van der Waals surface area contributed by atoms with E-state index in [9.17, 15) is 9.59 Å². The number of fused-ring (bicyclic) bond motifs is 3. The van der Waals surface area contributed by atoms with E-state index in [1.807, 2.05) is 30.5 Å². The Morgan fingerprint density at radius 2 is 1.93 bits per heavy atom. The van der Waals surface area contributed by atoms with Gasteiger partial charge in [-0.2, -0.15) is 0 Å². The first-order valence-corrected chi connectivity index (χ1v) is 11.5. The second-order valence-electron chi connectivity index (χ2n) is 9.80. The van der Waals surface area contributed by atoms with Gasteiger partial charge in [0.2, 0.25) is 5.91 Å². The van der Waals surface area contributed by atoms with Crippen LogP contribution < -0.4 is 5.32 Å². The van der Waals surface area contributed by atoms with Crippen molar-refractivity contribution in [1.82, 2.24) is 14.8 Å². The van der Waals surface area contributed by atoms with E-state index < -0.39 is 5.54 Å². The monoisotopic (exact) mass is 413 g/mol. The molecule has 1 aliphatic heterocycles. The topological polar surface area (TPSA) is 67.5 Å². The van der Waals surface area contributed by atoms with E-state index in [1.165, 1.54) is 12.8 Å². The Kier molecular flexibility index (Phi) is 5.69. The first kappa shape index (κ1) is 21.0. The predicted octanol–water partition coefficient (Wildman–Crippen LogP) is 4.64. The highest BCUT2D eigenvalue weighted by molar-refractivity contribution is 6.03. The standard InChI is InChI=1S/C24H35N3O3/c1-16(2)11-12-27-22(28)20-14-21-19(13-17(3)30-21)26(20)15-24(27,4)23(29)25-18-9-7-5-6-8-10-18/h13-14,16,18H,5-12,15H2,1-4H3,(H,25,29)/t24-/m0/s1. The van der Waals surface area contributed by atoms with Crippen molar-refractivity contribution in [3.05, 3.63) is 23.6 Å². The quantitative estimate of drug-likeness (QED) is 0.726. The van der Waals surface area contributed by atoms with Gasteiger partial charge in [-0.25, -0.2) is 0 Å². The van der Waals surface area contributed by atoms with E-state index >= 15 is 0 Å². The SMILES string of the molecule is Cc1cc2c(cc3n2C[C@@](C)(C(=O)NC2CCCCCC2)N(CCC(C)C)C3=O)o1. The maximum absolute atomic E-state index is 13.6. The van der Waals surface area contributed by atoms with Gasteiger partial charge in [-0.15, -0.1) is 0 Å². The maximum Gasteiger partial charge on any atom is 0.271 e. The number of hydrogen-bond donors (Lipinski definition) is 1. The number of carbonyl (C=O) groups excluding carboxylic acids is 2. The highest BCUT2D eigenvalue weighted by atomic mass is 16.3. The zero-order chi connectivity index (χ0) is 21.5. The van der Waals surface area contributed by atoms with Crippen LogP contribution in [-0.2, 0) is 11.3 Å². The number of nitrogens with one attached hydrogen (secondary N) is 1. The molecule has 0 unspecified atom stereocenters. The van der Waals surface area contributed by atoms with Crippen molar-refractivity contribution in [2.75, 3.05) is 6.54 Å². The molecule has 6 heteroatoms. The molecule has 164 valence electrons. The Labute approximate surface area is 179 Å². The number of rotatable bonds is 5. The molecule has 0 radical (unpaired) electrons. The molecule has 1 N–H and O–H groups in total.